The largest absolute Gasteiger partial charge is 0.493 e. The minimum atomic E-state index is -0.289. The van der Waals surface area contributed by atoms with Crippen LogP contribution in [0.1, 0.15) is 16.0 Å². The smallest absolute Gasteiger partial charge is 0.169 e. The molecular weight excluding hydrogens is 351 g/mol. The standard InChI is InChI=1S/C17H14BrFOS/c1-10-14(18)9-12(17(20-2)16(10)19)8-13-7-11-5-3-4-6-15(11)21-13/h3-7,9H,8H2,1-2H3. The Morgan fingerprint density at radius 1 is 1.24 bits per heavy atom. The summed E-state index contributed by atoms with van der Waals surface area (Å²) in [5.74, 6) is 0.0520. The van der Waals surface area contributed by atoms with Crippen LogP contribution < -0.4 is 4.74 Å². The van der Waals surface area contributed by atoms with Crippen molar-refractivity contribution in [1.29, 1.82) is 0 Å². The highest BCUT2D eigenvalue weighted by molar-refractivity contribution is 9.10. The molecule has 0 atom stereocenters. The summed E-state index contributed by atoms with van der Waals surface area (Å²) in [7, 11) is 1.51. The zero-order chi connectivity index (χ0) is 15.0. The molecule has 0 fully saturated rings. The van der Waals surface area contributed by atoms with E-state index in [9.17, 15) is 4.39 Å². The topological polar surface area (TPSA) is 9.23 Å². The van der Waals surface area contributed by atoms with Gasteiger partial charge in [0.25, 0.3) is 0 Å². The Balaban J connectivity index is 2.04. The summed E-state index contributed by atoms with van der Waals surface area (Å²) in [5, 5.41) is 1.23. The number of hydrogen-bond acceptors (Lipinski definition) is 2. The molecule has 0 aliphatic heterocycles. The van der Waals surface area contributed by atoms with Gasteiger partial charge in [0.15, 0.2) is 11.6 Å². The van der Waals surface area contributed by atoms with Crippen molar-refractivity contribution in [2.24, 2.45) is 0 Å². The highest BCUT2D eigenvalue weighted by Crippen LogP contribution is 2.35. The van der Waals surface area contributed by atoms with Crippen molar-refractivity contribution in [3.05, 3.63) is 62.7 Å². The van der Waals surface area contributed by atoms with Gasteiger partial charge in [0.05, 0.1) is 7.11 Å². The monoisotopic (exact) mass is 364 g/mol. The summed E-state index contributed by atoms with van der Waals surface area (Å²) in [4.78, 5) is 1.20. The molecule has 0 aliphatic rings. The highest BCUT2D eigenvalue weighted by Gasteiger charge is 2.16. The number of ether oxygens (including phenoxy) is 1. The molecule has 1 heterocycles. The second-order valence-corrected chi connectivity index (χ2v) is 6.94. The van der Waals surface area contributed by atoms with E-state index in [0.29, 0.717) is 17.7 Å². The van der Waals surface area contributed by atoms with E-state index < -0.39 is 0 Å². The first-order valence-electron chi connectivity index (χ1n) is 6.59. The van der Waals surface area contributed by atoms with Crippen LogP contribution in [0.2, 0.25) is 0 Å². The van der Waals surface area contributed by atoms with E-state index in [0.717, 1.165) is 10.0 Å². The van der Waals surface area contributed by atoms with Gasteiger partial charge in [0.2, 0.25) is 0 Å². The zero-order valence-corrected chi connectivity index (χ0v) is 14.1. The first-order valence-corrected chi connectivity index (χ1v) is 8.20. The average Bonchev–Trinajstić information content (AvgIpc) is 2.87. The first-order chi connectivity index (χ1) is 10.1. The van der Waals surface area contributed by atoms with Crippen molar-refractivity contribution < 1.29 is 9.13 Å². The van der Waals surface area contributed by atoms with Gasteiger partial charge in [-0.2, -0.15) is 0 Å². The molecule has 0 saturated carbocycles. The maximum atomic E-state index is 14.3. The number of hydrogen-bond donors (Lipinski definition) is 0. The van der Waals surface area contributed by atoms with Crippen molar-refractivity contribution in [3.63, 3.8) is 0 Å². The SMILES string of the molecule is COc1c(Cc2cc3ccccc3s2)cc(Br)c(C)c1F. The van der Waals surface area contributed by atoms with Crippen molar-refractivity contribution in [3.8, 4) is 5.75 Å². The van der Waals surface area contributed by atoms with E-state index in [2.05, 4.69) is 34.1 Å². The second kappa shape index (κ2) is 5.78. The van der Waals surface area contributed by atoms with Crippen LogP contribution in [0.15, 0.2) is 40.9 Å². The summed E-state index contributed by atoms with van der Waals surface area (Å²) in [6.45, 7) is 1.74. The molecule has 1 aromatic heterocycles. The number of rotatable bonds is 3. The maximum Gasteiger partial charge on any atom is 0.169 e. The van der Waals surface area contributed by atoms with Gasteiger partial charge in [-0.3, -0.25) is 0 Å². The fourth-order valence-corrected chi connectivity index (χ4v) is 3.94. The second-order valence-electron chi connectivity index (χ2n) is 4.92. The predicted molar refractivity (Wildman–Crippen MR) is 90.0 cm³/mol. The number of halogens is 2. The third kappa shape index (κ3) is 2.70. The lowest BCUT2D eigenvalue weighted by Crippen LogP contribution is -1.99. The van der Waals surface area contributed by atoms with Gasteiger partial charge in [0.1, 0.15) is 0 Å². The van der Waals surface area contributed by atoms with E-state index >= 15 is 0 Å². The number of methoxy groups -OCH3 is 1. The molecule has 0 amide bonds. The first kappa shape index (κ1) is 14.5. The fourth-order valence-electron chi connectivity index (χ4n) is 2.41. The van der Waals surface area contributed by atoms with Gasteiger partial charge in [-0.05, 0) is 30.5 Å². The van der Waals surface area contributed by atoms with Crippen molar-refractivity contribution >= 4 is 37.4 Å². The van der Waals surface area contributed by atoms with Crippen LogP contribution in [-0.2, 0) is 6.42 Å². The molecule has 0 unspecified atom stereocenters. The van der Waals surface area contributed by atoms with Gasteiger partial charge in [-0.1, -0.05) is 34.1 Å². The molecule has 1 nitrogen and oxygen atoms in total. The zero-order valence-electron chi connectivity index (χ0n) is 11.7. The van der Waals surface area contributed by atoms with Crippen LogP contribution >= 0.6 is 27.3 Å². The van der Waals surface area contributed by atoms with Crippen molar-refractivity contribution in [1.82, 2.24) is 0 Å². The molecule has 0 N–H and O–H groups in total. The molecule has 0 spiro atoms. The molecule has 0 aliphatic carbocycles. The van der Waals surface area contributed by atoms with Gasteiger partial charge >= 0.3 is 0 Å². The van der Waals surface area contributed by atoms with Crippen LogP contribution in [0, 0.1) is 12.7 Å². The minimum Gasteiger partial charge on any atom is -0.493 e. The molecular formula is C17H14BrFOS. The molecule has 0 bridgehead atoms. The Labute approximate surface area is 135 Å². The van der Waals surface area contributed by atoms with Crippen LogP contribution in [-0.4, -0.2) is 7.11 Å². The number of benzene rings is 2. The lowest BCUT2D eigenvalue weighted by atomic mass is 10.1. The number of fused-ring (bicyclic) bond motifs is 1. The Hall–Kier alpha value is -1.39. The van der Waals surface area contributed by atoms with Crippen LogP contribution in [0.5, 0.6) is 5.75 Å². The summed E-state index contributed by atoms with van der Waals surface area (Å²) in [6.07, 6.45) is 0.665. The third-order valence-corrected chi connectivity index (χ3v) is 5.46. The molecule has 108 valence electrons. The Morgan fingerprint density at radius 3 is 2.71 bits per heavy atom. The lowest BCUT2D eigenvalue weighted by Gasteiger charge is -2.12. The van der Waals surface area contributed by atoms with E-state index in [1.54, 1.807) is 18.3 Å². The minimum absolute atomic E-state index is 0.289. The van der Waals surface area contributed by atoms with E-state index in [1.807, 2.05) is 18.2 Å². The molecule has 0 saturated heterocycles. The Morgan fingerprint density at radius 2 is 2.00 bits per heavy atom. The third-order valence-electron chi connectivity index (χ3n) is 3.52. The van der Waals surface area contributed by atoms with Crippen LogP contribution in [0.4, 0.5) is 4.39 Å². The van der Waals surface area contributed by atoms with Crippen molar-refractivity contribution in [2.75, 3.05) is 7.11 Å². The normalized spacial score (nSPS) is 11.0. The molecule has 3 aromatic rings. The quantitative estimate of drug-likeness (QED) is 0.578. The fraction of sp³-hybridized carbons (Fsp3) is 0.176. The Bertz CT molecular complexity index is 777. The molecule has 2 aromatic carbocycles. The molecule has 4 heteroatoms. The van der Waals surface area contributed by atoms with E-state index in [-0.39, 0.29) is 5.82 Å². The summed E-state index contributed by atoms with van der Waals surface area (Å²) in [5.41, 5.74) is 1.44. The van der Waals surface area contributed by atoms with Crippen LogP contribution in [0.3, 0.4) is 0 Å². The maximum absolute atomic E-state index is 14.3. The summed E-state index contributed by atoms with van der Waals surface area (Å²) in [6, 6.07) is 12.4. The Kier molecular flexibility index (Phi) is 4.00. The molecule has 21 heavy (non-hydrogen) atoms. The lowest BCUT2D eigenvalue weighted by molar-refractivity contribution is 0.380. The number of thiophene rings is 1. The van der Waals surface area contributed by atoms with Gasteiger partial charge in [-0.25, -0.2) is 4.39 Å². The van der Waals surface area contributed by atoms with Gasteiger partial charge in [0, 0.05) is 31.6 Å². The van der Waals surface area contributed by atoms with E-state index in [4.69, 9.17) is 4.74 Å². The average molecular weight is 365 g/mol. The molecule has 0 radical (unpaired) electrons. The van der Waals surface area contributed by atoms with Gasteiger partial charge < -0.3 is 4.74 Å². The predicted octanol–water partition coefficient (Wildman–Crippen LogP) is 5.71. The van der Waals surface area contributed by atoms with Crippen molar-refractivity contribution in [2.45, 2.75) is 13.3 Å². The molecule has 3 rings (SSSR count). The summed E-state index contributed by atoms with van der Waals surface area (Å²) < 4.78 is 21.6. The van der Waals surface area contributed by atoms with Crippen LogP contribution in [0.25, 0.3) is 10.1 Å². The highest BCUT2D eigenvalue weighted by atomic mass is 79.9. The van der Waals surface area contributed by atoms with E-state index in [1.165, 1.54) is 22.1 Å². The summed E-state index contributed by atoms with van der Waals surface area (Å²) >= 11 is 5.15. The van der Waals surface area contributed by atoms with Gasteiger partial charge in [-0.15, -0.1) is 11.3 Å².